The van der Waals surface area contributed by atoms with Crippen LogP contribution in [0.25, 0.3) is 0 Å². The molecule has 112 valence electrons. The molecule has 0 bridgehead atoms. The molecule has 0 aromatic carbocycles. The quantitative estimate of drug-likeness (QED) is 0.734. The number of carbonyl (C=O) groups is 1. The van der Waals surface area contributed by atoms with Crippen LogP contribution < -0.4 is 0 Å². The van der Waals surface area contributed by atoms with E-state index < -0.39 is 40.6 Å². The monoisotopic (exact) mass is 297 g/mol. The fourth-order valence-corrected chi connectivity index (χ4v) is 2.51. The molecule has 0 N–H and O–H groups in total. The number of hydrogen-bond acceptors (Lipinski definition) is 5. The van der Waals surface area contributed by atoms with E-state index in [0.29, 0.717) is 0 Å². The van der Waals surface area contributed by atoms with Gasteiger partial charge >= 0.3 is 6.09 Å². The summed E-state index contributed by atoms with van der Waals surface area (Å²) < 4.78 is 44.9. The van der Waals surface area contributed by atoms with Crippen molar-refractivity contribution >= 4 is 16.2 Å². The van der Waals surface area contributed by atoms with Crippen molar-refractivity contribution < 1.29 is 26.5 Å². The number of halogens is 1. The molecule has 0 saturated carbocycles. The molecule has 6 nitrogen and oxygen atoms in total. The van der Waals surface area contributed by atoms with E-state index in [9.17, 15) is 17.6 Å². The van der Waals surface area contributed by atoms with Gasteiger partial charge in [-0.05, 0) is 27.2 Å². The maximum Gasteiger partial charge on any atom is 0.410 e. The number of ether oxygens (including phenoxy) is 1. The minimum Gasteiger partial charge on any atom is -0.444 e. The average Bonchev–Trinajstić information content (AvgIpc) is 2.55. The van der Waals surface area contributed by atoms with Crippen LogP contribution in [0.4, 0.5) is 9.18 Å². The van der Waals surface area contributed by atoms with Gasteiger partial charge in [-0.25, -0.2) is 9.18 Å². The minimum atomic E-state index is -3.62. The van der Waals surface area contributed by atoms with Gasteiger partial charge in [0.05, 0.1) is 24.9 Å². The van der Waals surface area contributed by atoms with E-state index in [2.05, 4.69) is 0 Å². The van der Waals surface area contributed by atoms with Crippen molar-refractivity contribution in [1.29, 1.82) is 0 Å². The van der Waals surface area contributed by atoms with Gasteiger partial charge in [0.2, 0.25) is 0 Å². The summed E-state index contributed by atoms with van der Waals surface area (Å²) in [6.07, 6.45) is -0.311. The van der Waals surface area contributed by atoms with Gasteiger partial charge in [0.15, 0.2) is 0 Å². The van der Waals surface area contributed by atoms with Crippen LogP contribution in [-0.2, 0) is 19.0 Å². The summed E-state index contributed by atoms with van der Waals surface area (Å²) in [5.74, 6) is 0. The second kappa shape index (κ2) is 5.62. The van der Waals surface area contributed by atoms with Crippen LogP contribution in [-0.4, -0.2) is 56.6 Å². The smallest absolute Gasteiger partial charge is 0.410 e. The third kappa shape index (κ3) is 5.32. The lowest BCUT2D eigenvalue weighted by atomic mass is 10.2. The lowest BCUT2D eigenvalue weighted by molar-refractivity contribution is 0.0195. The van der Waals surface area contributed by atoms with Crippen LogP contribution in [0.1, 0.15) is 27.2 Å². The van der Waals surface area contributed by atoms with Crippen molar-refractivity contribution in [2.24, 2.45) is 0 Å². The summed E-state index contributed by atoms with van der Waals surface area (Å²) in [6.45, 7) is 4.36. The number of nitrogens with zero attached hydrogens (tertiary/aromatic N) is 1. The topological polar surface area (TPSA) is 72.9 Å². The minimum absolute atomic E-state index is 0.0105. The van der Waals surface area contributed by atoms with Crippen LogP contribution in [0.5, 0.6) is 0 Å². The van der Waals surface area contributed by atoms with Crippen molar-refractivity contribution in [3.05, 3.63) is 0 Å². The number of alkyl halides is 1. The van der Waals surface area contributed by atoms with Gasteiger partial charge in [0, 0.05) is 0 Å². The number of hydrogen-bond donors (Lipinski definition) is 0. The van der Waals surface area contributed by atoms with E-state index in [1.165, 1.54) is 4.90 Å². The molecule has 0 spiro atoms. The predicted octanol–water partition coefficient (Wildman–Crippen LogP) is 1.31. The number of carbonyl (C=O) groups excluding carboxylic acids is 1. The van der Waals surface area contributed by atoms with Gasteiger partial charge in [-0.2, -0.15) is 8.42 Å². The van der Waals surface area contributed by atoms with Crippen molar-refractivity contribution in [2.45, 2.75) is 44.9 Å². The molecule has 1 aliphatic heterocycles. The molecule has 8 heteroatoms. The first-order valence-corrected chi connectivity index (χ1v) is 7.77. The second-order valence-corrected chi connectivity index (χ2v) is 7.20. The zero-order valence-corrected chi connectivity index (χ0v) is 12.4. The van der Waals surface area contributed by atoms with E-state index in [-0.39, 0.29) is 13.0 Å². The third-order valence-corrected chi connectivity index (χ3v) is 3.11. The van der Waals surface area contributed by atoms with E-state index >= 15 is 0 Å². The van der Waals surface area contributed by atoms with Crippen molar-refractivity contribution in [1.82, 2.24) is 4.90 Å². The summed E-state index contributed by atoms with van der Waals surface area (Å²) >= 11 is 0. The Hall–Kier alpha value is -0.890. The summed E-state index contributed by atoms with van der Waals surface area (Å²) in [6, 6.07) is -0.707. The molecular weight excluding hydrogens is 277 g/mol. The fourth-order valence-electron chi connectivity index (χ4n) is 1.88. The first-order valence-electron chi connectivity index (χ1n) is 5.95. The molecule has 0 aromatic rings. The SMILES string of the molecule is CC(C)(C)OC(=O)N1CC(OS(C)(=O)=O)CC1CF. The van der Waals surface area contributed by atoms with Gasteiger partial charge in [-0.15, -0.1) is 0 Å². The number of likely N-dealkylation sites (tertiary alicyclic amines) is 1. The van der Waals surface area contributed by atoms with Crippen molar-refractivity contribution in [3.63, 3.8) is 0 Å². The van der Waals surface area contributed by atoms with Gasteiger partial charge < -0.3 is 4.74 Å². The third-order valence-electron chi connectivity index (χ3n) is 2.49. The van der Waals surface area contributed by atoms with Gasteiger partial charge in [-0.1, -0.05) is 0 Å². The Morgan fingerprint density at radius 2 is 2.00 bits per heavy atom. The Balaban J connectivity index is 2.70. The predicted molar refractivity (Wildman–Crippen MR) is 67.0 cm³/mol. The number of amides is 1. The van der Waals surface area contributed by atoms with E-state index in [1.54, 1.807) is 20.8 Å². The van der Waals surface area contributed by atoms with E-state index in [1.807, 2.05) is 0 Å². The molecule has 1 amide bonds. The Morgan fingerprint density at radius 1 is 1.42 bits per heavy atom. The van der Waals surface area contributed by atoms with Crippen LogP contribution in [0, 0.1) is 0 Å². The van der Waals surface area contributed by atoms with Gasteiger partial charge in [0.25, 0.3) is 10.1 Å². The zero-order chi connectivity index (χ0) is 14.8. The summed E-state index contributed by atoms with van der Waals surface area (Å²) in [7, 11) is -3.62. The average molecular weight is 297 g/mol. The zero-order valence-electron chi connectivity index (χ0n) is 11.6. The van der Waals surface area contributed by atoms with Crippen LogP contribution >= 0.6 is 0 Å². The molecule has 1 rings (SSSR count). The Bertz CT molecular complexity index is 431. The van der Waals surface area contributed by atoms with Crippen molar-refractivity contribution in [3.8, 4) is 0 Å². The van der Waals surface area contributed by atoms with Crippen molar-refractivity contribution in [2.75, 3.05) is 19.5 Å². The summed E-state index contributed by atoms with van der Waals surface area (Å²) in [4.78, 5) is 13.1. The van der Waals surface area contributed by atoms with Crippen LogP contribution in [0.2, 0.25) is 0 Å². The molecule has 19 heavy (non-hydrogen) atoms. The fraction of sp³-hybridized carbons (Fsp3) is 0.909. The van der Waals surface area contributed by atoms with E-state index in [0.717, 1.165) is 6.26 Å². The largest absolute Gasteiger partial charge is 0.444 e. The molecule has 1 fully saturated rings. The summed E-state index contributed by atoms with van der Waals surface area (Å²) in [5.41, 5.74) is -0.687. The number of rotatable bonds is 3. The summed E-state index contributed by atoms with van der Waals surface area (Å²) in [5, 5.41) is 0. The first-order chi connectivity index (χ1) is 8.52. The highest BCUT2D eigenvalue weighted by atomic mass is 32.2. The molecule has 1 saturated heterocycles. The Morgan fingerprint density at radius 3 is 2.42 bits per heavy atom. The molecule has 2 unspecified atom stereocenters. The van der Waals surface area contributed by atoms with Gasteiger partial charge in [-0.3, -0.25) is 9.08 Å². The highest BCUT2D eigenvalue weighted by Gasteiger charge is 2.39. The maximum atomic E-state index is 12.9. The molecule has 1 heterocycles. The standard InChI is InChI=1S/C11H20FNO5S/c1-11(2,3)17-10(14)13-7-9(5-8(13)6-12)18-19(4,15)16/h8-9H,5-7H2,1-4H3. The van der Waals surface area contributed by atoms with E-state index in [4.69, 9.17) is 8.92 Å². The molecule has 2 atom stereocenters. The second-order valence-electron chi connectivity index (χ2n) is 5.60. The highest BCUT2D eigenvalue weighted by molar-refractivity contribution is 7.86. The normalized spacial score (nSPS) is 24.6. The Labute approximate surface area is 113 Å². The maximum absolute atomic E-state index is 12.9. The Kier molecular flexibility index (Phi) is 4.78. The molecular formula is C11H20FNO5S. The molecule has 0 aliphatic carbocycles. The van der Waals surface area contributed by atoms with Crippen LogP contribution in [0.3, 0.4) is 0 Å². The molecule has 1 aliphatic rings. The highest BCUT2D eigenvalue weighted by Crippen LogP contribution is 2.24. The first kappa shape index (κ1) is 16.2. The lowest BCUT2D eigenvalue weighted by Gasteiger charge is -2.27. The van der Waals surface area contributed by atoms with Gasteiger partial charge in [0.1, 0.15) is 12.3 Å². The lowest BCUT2D eigenvalue weighted by Crippen LogP contribution is -2.41. The molecule has 0 aromatic heterocycles. The molecule has 0 radical (unpaired) electrons. The van der Waals surface area contributed by atoms with Crippen LogP contribution in [0.15, 0.2) is 0 Å².